The molecule has 0 amide bonds. The van der Waals surface area contributed by atoms with Crippen LogP contribution >= 0.6 is 11.6 Å². The first-order valence-corrected chi connectivity index (χ1v) is 7.27. The Hall–Kier alpha value is -0.570. The molecule has 0 unspecified atom stereocenters. The largest absolute Gasteiger partial charge is 0.320 e. The molecule has 18 heavy (non-hydrogen) atoms. The second-order valence-electron chi connectivity index (χ2n) is 5.24. The molecule has 1 saturated heterocycles. The van der Waals surface area contributed by atoms with Crippen LogP contribution in [0, 0.1) is 5.92 Å². The zero-order valence-corrected chi connectivity index (χ0v) is 11.9. The summed E-state index contributed by atoms with van der Waals surface area (Å²) in [7, 11) is 2.04. The summed E-state index contributed by atoms with van der Waals surface area (Å²) in [5.41, 5.74) is 1.33. The van der Waals surface area contributed by atoms with Crippen molar-refractivity contribution in [3.8, 4) is 0 Å². The molecule has 2 rings (SSSR count). The smallest absolute Gasteiger partial charge is 0.0409 e. The van der Waals surface area contributed by atoms with Crippen LogP contribution in [0.1, 0.15) is 24.8 Å². The van der Waals surface area contributed by atoms with Gasteiger partial charge >= 0.3 is 0 Å². The highest BCUT2D eigenvalue weighted by molar-refractivity contribution is 6.30. The van der Waals surface area contributed by atoms with E-state index in [1.54, 1.807) is 0 Å². The molecule has 0 saturated carbocycles. The summed E-state index contributed by atoms with van der Waals surface area (Å²) < 4.78 is 0. The molecule has 1 aromatic carbocycles. The number of hydrogen-bond acceptors (Lipinski definition) is 2. The third-order valence-electron chi connectivity index (χ3n) is 3.80. The van der Waals surface area contributed by atoms with Crippen molar-refractivity contribution in [3.63, 3.8) is 0 Å². The summed E-state index contributed by atoms with van der Waals surface area (Å²) in [6.45, 7) is 4.64. The van der Waals surface area contributed by atoms with Crippen LogP contribution in [0.3, 0.4) is 0 Å². The molecular weight excluding hydrogens is 244 g/mol. The Kier molecular flexibility index (Phi) is 5.48. The van der Waals surface area contributed by atoms with E-state index in [2.05, 4.69) is 22.3 Å². The first-order valence-electron chi connectivity index (χ1n) is 6.89. The molecule has 1 heterocycles. The van der Waals surface area contributed by atoms with Crippen LogP contribution in [0.15, 0.2) is 24.3 Å². The molecule has 1 aromatic rings. The molecule has 0 radical (unpaired) electrons. The average Bonchev–Trinajstić information content (AvgIpc) is 2.38. The zero-order chi connectivity index (χ0) is 12.8. The normalized spacial score (nSPS) is 18.1. The SMILES string of the molecule is CNCCC1CCN(Cc2cccc(Cl)c2)CC1. The molecule has 100 valence electrons. The van der Waals surface area contributed by atoms with E-state index in [-0.39, 0.29) is 0 Å². The maximum Gasteiger partial charge on any atom is 0.0409 e. The first-order chi connectivity index (χ1) is 8.78. The van der Waals surface area contributed by atoms with Gasteiger partial charge in [-0.25, -0.2) is 0 Å². The third kappa shape index (κ3) is 4.27. The maximum atomic E-state index is 6.02. The van der Waals surface area contributed by atoms with E-state index in [0.717, 1.165) is 24.0 Å². The Labute approximate surface area is 115 Å². The molecule has 0 spiro atoms. The minimum atomic E-state index is 0.844. The van der Waals surface area contributed by atoms with Gasteiger partial charge in [-0.05, 0) is 69.6 Å². The van der Waals surface area contributed by atoms with Gasteiger partial charge in [-0.2, -0.15) is 0 Å². The molecule has 0 atom stereocenters. The number of hydrogen-bond donors (Lipinski definition) is 1. The standard InChI is InChI=1S/C15H23ClN2/c1-17-8-5-13-6-9-18(10-7-13)12-14-3-2-4-15(16)11-14/h2-4,11,13,17H,5-10,12H2,1H3. The van der Waals surface area contributed by atoms with Gasteiger partial charge in [0.15, 0.2) is 0 Å². The highest BCUT2D eigenvalue weighted by Crippen LogP contribution is 2.22. The summed E-state index contributed by atoms with van der Waals surface area (Å²) in [5.74, 6) is 0.910. The van der Waals surface area contributed by atoms with Gasteiger partial charge in [0, 0.05) is 11.6 Å². The highest BCUT2D eigenvalue weighted by Gasteiger charge is 2.18. The van der Waals surface area contributed by atoms with E-state index in [4.69, 9.17) is 11.6 Å². The van der Waals surface area contributed by atoms with Crippen LogP contribution in [-0.4, -0.2) is 31.6 Å². The fraction of sp³-hybridized carbons (Fsp3) is 0.600. The van der Waals surface area contributed by atoms with Crippen molar-refractivity contribution >= 4 is 11.6 Å². The predicted molar refractivity (Wildman–Crippen MR) is 78.0 cm³/mol. The summed E-state index contributed by atoms with van der Waals surface area (Å²) in [5, 5.41) is 4.09. The Bertz CT molecular complexity index is 359. The Morgan fingerprint density at radius 2 is 2.11 bits per heavy atom. The van der Waals surface area contributed by atoms with Crippen LogP contribution in [0.5, 0.6) is 0 Å². The molecule has 1 fully saturated rings. The van der Waals surface area contributed by atoms with Crippen LogP contribution in [0.25, 0.3) is 0 Å². The Balaban J connectivity index is 1.76. The lowest BCUT2D eigenvalue weighted by Crippen LogP contribution is -2.34. The minimum Gasteiger partial charge on any atom is -0.320 e. The van der Waals surface area contributed by atoms with Crippen LogP contribution < -0.4 is 5.32 Å². The lowest BCUT2D eigenvalue weighted by Gasteiger charge is -2.32. The van der Waals surface area contributed by atoms with E-state index in [9.17, 15) is 0 Å². The second kappa shape index (κ2) is 7.13. The molecule has 2 nitrogen and oxygen atoms in total. The molecule has 1 aliphatic rings. The van der Waals surface area contributed by atoms with Gasteiger partial charge in [0.2, 0.25) is 0 Å². The van der Waals surface area contributed by atoms with Crippen LogP contribution in [0.4, 0.5) is 0 Å². The second-order valence-corrected chi connectivity index (χ2v) is 5.68. The molecule has 0 aliphatic carbocycles. The minimum absolute atomic E-state index is 0.844. The van der Waals surface area contributed by atoms with Crippen LogP contribution in [0.2, 0.25) is 5.02 Å². The van der Waals surface area contributed by atoms with Crippen molar-refractivity contribution in [1.82, 2.24) is 10.2 Å². The van der Waals surface area contributed by atoms with Gasteiger partial charge in [-0.1, -0.05) is 23.7 Å². The van der Waals surface area contributed by atoms with Gasteiger partial charge in [-0.3, -0.25) is 4.90 Å². The lowest BCUT2D eigenvalue weighted by molar-refractivity contribution is 0.172. The Morgan fingerprint density at radius 1 is 1.33 bits per heavy atom. The van der Waals surface area contributed by atoms with Crippen molar-refractivity contribution < 1.29 is 0 Å². The van der Waals surface area contributed by atoms with Gasteiger partial charge in [0.1, 0.15) is 0 Å². The van der Waals surface area contributed by atoms with Gasteiger partial charge < -0.3 is 5.32 Å². The molecule has 3 heteroatoms. The lowest BCUT2D eigenvalue weighted by atomic mass is 9.93. The number of benzene rings is 1. The van der Waals surface area contributed by atoms with Gasteiger partial charge in [-0.15, -0.1) is 0 Å². The summed E-state index contributed by atoms with van der Waals surface area (Å²) >= 11 is 6.02. The van der Waals surface area contributed by atoms with Crippen molar-refractivity contribution in [2.24, 2.45) is 5.92 Å². The Morgan fingerprint density at radius 3 is 2.78 bits per heavy atom. The molecule has 1 aliphatic heterocycles. The van der Waals surface area contributed by atoms with E-state index >= 15 is 0 Å². The van der Waals surface area contributed by atoms with Crippen molar-refractivity contribution in [2.45, 2.75) is 25.8 Å². The molecular formula is C15H23ClN2. The third-order valence-corrected chi connectivity index (χ3v) is 4.04. The van der Waals surface area contributed by atoms with E-state index in [1.807, 2.05) is 19.2 Å². The van der Waals surface area contributed by atoms with E-state index < -0.39 is 0 Å². The first kappa shape index (κ1) is 13.9. The van der Waals surface area contributed by atoms with Crippen LogP contribution in [-0.2, 0) is 6.54 Å². The average molecular weight is 267 g/mol. The molecule has 1 N–H and O–H groups in total. The molecule has 0 aromatic heterocycles. The predicted octanol–water partition coefficient (Wildman–Crippen LogP) is 3.16. The number of rotatable bonds is 5. The summed E-state index contributed by atoms with van der Waals surface area (Å²) in [4.78, 5) is 2.54. The number of nitrogens with one attached hydrogen (secondary N) is 1. The van der Waals surface area contributed by atoms with E-state index in [0.29, 0.717) is 0 Å². The highest BCUT2D eigenvalue weighted by atomic mass is 35.5. The number of halogens is 1. The summed E-state index contributed by atoms with van der Waals surface area (Å²) in [6, 6.07) is 8.22. The van der Waals surface area contributed by atoms with Gasteiger partial charge in [0.25, 0.3) is 0 Å². The number of likely N-dealkylation sites (tertiary alicyclic amines) is 1. The van der Waals surface area contributed by atoms with Crippen molar-refractivity contribution in [1.29, 1.82) is 0 Å². The van der Waals surface area contributed by atoms with Crippen molar-refractivity contribution in [3.05, 3.63) is 34.9 Å². The van der Waals surface area contributed by atoms with E-state index in [1.165, 1.54) is 37.9 Å². The molecule has 0 bridgehead atoms. The van der Waals surface area contributed by atoms with Gasteiger partial charge in [0.05, 0.1) is 0 Å². The quantitative estimate of drug-likeness (QED) is 0.881. The topological polar surface area (TPSA) is 15.3 Å². The fourth-order valence-corrected chi connectivity index (χ4v) is 2.89. The maximum absolute atomic E-state index is 6.02. The summed E-state index contributed by atoms with van der Waals surface area (Å²) in [6.07, 6.45) is 3.99. The van der Waals surface area contributed by atoms with Crippen molar-refractivity contribution in [2.75, 3.05) is 26.7 Å². The monoisotopic (exact) mass is 266 g/mol. The fourth-order valence-electron chi connectivity index (χ4n) is 2.68. The number of nitrogens with zero attached hydrogens (tertiary/aromatic N) is 1. The zero-order valence-electron chi connectivity index (χ0n) is 11.2. The number of piperidine rings is 1.